The molecule has 2 atom stereocenters. The fraction of sp³-hybridized carbons (Fsp3) is 0.692. The fourth-order valence-corrected chi connectivity index (χ4v) is 2.59. The molecule has 2 unspecified atom stereocenters. The highest BCUT2D eigenvalue weighted by atomic mass is 16.5. The van der Waals surface area contributed by atoms with Crippen LogP contribution in [0.15, 0.2) is 6.20 Å². The van der Waals surface area contributed by atoms with Gasteiger partial charge in [0.1, 0.15) is 0 Å². The maximum Gasteiger partial charge on any atom is 0.361 e. The van der Waals surface area contributed by atoms with Crippen molar-refractivity contribution < 1.29 is 9.53 Å². The Morgan fingerprint density at radius 3 is 3.06 bits per heavy atom. The lowest BCUT2D eigenvalue weighted by atomic mass is 9.87. The molecular formula is C13H21N3O2. The lowest BCUT2D eigenvalue weighted by Gasteiger charge is -2.26. The van der Waals surface area contributed by atoms with Gasteiger partial charge in [-0.2, -0.15) is 5.10 Å². The number of nitrogen functional groups attached to an aromatic ring is 1. The lowest BCUT2D eigenvalue weighted by Crippen LogP contribution is -2.18. The first-order chi connectivity index (χ1) is 8.61. The summed E-state index contributed by atoms with van der Waals surface area (Å²) in [6, 6.07) is 0.360. The fourth-order valence-electron chi connectivity index (χ4n) is 2.59. The minimum Gasteiger partial charge on any atom is -0.461 e. The van der Waals surface area contributed by atoms with Gasteiger partial charge in [-0.3, -0.25) is 4.68 Å². The second kappa shape index (κ2) is 5.42. The van der Waals surface area contributed by atoms with Crippen LogP contribution in [0.3, 0.4) is 0 Å². The number of anilines is 1. The third-order valence-electron chi connectivity index (χ3n) is 3.51. The zero-order chi connectivity index (χ0) is 13.1. The zero-order valence-electron chi connectivity index (χ0n) is 11.1. The second-order valence-electron chi connectivity index (χ2n) is 5.06. The van der Waals surface area contributed by atoms with Crippen LogP contribution in [0.25, 0.3) is 0 Å². The van der Waals surface area contributed by atoms with Crippen LogP contribution in [0.5, 0.6) is 0 Å². The molecule has 1 aromatic heterocycles. The Hall–Kier alpha value is -1.52. The predicted molar refractivity (Wildman–Crippen MR) is 69.3 cm³/mol. The molecule has 1 fully saturated rings. The lowest BCUT2D eigenvalue weighted by molar-refractivity contribution is 0.0519. The molecule has 2 rings (SSSR count). The number of carbonyl (C=O) groups is 1. The van der Waals surface area contributed by atoms with Crippen molar-refractivity contribution in [1.82, 2.24) is 9.78 Å². The minimum atomic E-state index is -0.433. The zero-order valence-corrected chi connectivity index (χ0v) is 11.1. The molecule has 0 aliphatic heterocycles. The molecule has 0 radical (unpaired) electrons. The number of esters is 1. The number of ether oxygens (including phenoxy) is 1. The summed E-state index contributed by atoms with van der Waals surface area (Å²) in [6.07, 6.45) is 6.45. The van der Waals surface area contributed by atoms with Crippen LogP contribution < -0.4 is 5.73 Å². The van der Waals surface area contributed by atoms with Crippen molar-refractivity contribution in [2.45, 2.75) is 45.6 Å². The Labute approximate surface area is 107 Å². The van der Waals surface area contributed by atoms with Crippen LogP contribution in [0.4, 0.5) is 5.69 Å². The van der Waals surface area contributed by atoms with Gasteiger partial charge in [0.25, 0.3) is 0 Å². The largest absolute Gasteiger partial charge is 0.461 e. The van der Waals surface area contributed by atoms with Gasteiger partial charge in [-0.15, -0.1) is 0 Å². The molecule has 2 N–H and O–H groups in total. The first-order valence-corrected chi connectivity index (χ1v) is 6.63. The van der Waals surface area contributed by atoms with E-state index in [1.807, 2.05) is 4.68 Å². The van der Waals surface area contributed by atoms with E-state index in [4.69, 9.17) is 10.5 Å². The van der Waals surface area contributed by atoms with Gasteiger partial charge in [0.2, 0.25) is 0 Å². The normalized spacial score (nSPS) is 23.9. The summed E-state index contributed by atoms with van der Waals surface area (Å²) in [5.41, 5.74) is 6.48. The van der Waals surface area contributed by atoms with Gasteiger partial charge in [0, 0.05) is 6.20 Å². The van der Waals surface area contributed by atoms with Crippen LogP contribution in [-0.4, -0.2) is 22.4 Å². The van der Waals surface area contributed by atoms with Crippen molar-refractivity contribution in [3.8, 4) is 0 Å². The summed E-state index contributed by atoms with van der Waals surface area (Å²) in [6.45, 7) is 4.37. The van der Waals surface area contributed by atoms with Gasteiger partial charge in [-0.05, 0) is 25.7 Å². The molecule has 1 aliphatic carbocycles. The van der Waals surface area contributed by atoms with Crippen molar-refractivity contribution in [1.29, 1.82) is 0 Å². The third kappa shape index (κ3) is 2.66. The molecule has 0 saturated heterocycles. The summed E-state index contributed by atoms with van der Waals surface area (Å²) in [5, 5.41) is 4.30. The molecular weight excluding hydrogens is 230 g/mol. The van der Waals surface area contributed by atoms with E-state index in [0.29, 0.717) is 24.3 Å². The van der Waals surface area contributed by atoms with Crippen LogP contribution in [0.2, 0.25) is 0 Å². The predicted octanol–water partition coefficient (Wildman–Crippen LogP) is 2.39. The minimum absolute atomic E-state index is 0.245. The Bertz CT molecular complexity index is 428. The van der Waals surface area contributed by atoms with E-state index in [2.05, 4.69) is 12.0 Å². The van der Waals surface area contributed by atoms with Gasteiger partial charge >= 0.3 is 5.97 Å². The van der Waals surface area contributed by atoms with E-state index in [9.17, 15) is 4.79 Å². The van der Waals surface area contributed by atoms with Crippen molar-refractivity contribution in [3.63, 3.8) is 0 Å². The number of hydrogen-bond donors (Lipinski definition) is 1. The number of nitrogens with two attached hydrogens (primary N) is 1. The van der Waals surface area contributed by atoms with Crippen LogP contribution >= 0.6 is 0 Å². The summed E-state index contributed by atoms with van der Waals surface area (Å²) in [7, 11) is 0. The maximum absolute atomic E-state index is 11.6. The van der Waals surface area contributed by atoms with E-state index in [0.717, 1.165) is 12.8 Å². The Balaban J connectivity index is 2.15. The number of hydrogen-bond acceptors (Lipinski definition) is 4. The molecule has 18 heavy (non-hydrogen) atoms. The van der Waals surface area contributed by atoms with Gasteiger partial charge < -0.3 is 10.5 Å². The Morgan fingerprint density at radius 2 is 2.39 bits per heavy atom. The highest BCUT2D eigenvalue weighted by molar-refractivity contribution is 5.92. The summed E-state index contributed by atoms with van der Waals surface area (Å²) in [5.74, 6) is 0.276. The summed E-state index contributed by atoms with van der Waals surface area (Å²) >= 11 is 0. The van der Waals surface area contributed by atoms with Crippen LogP contribution in [0.1, 0.15) is 56.1 Å². The molecule has 0 spiro atoms. The van der Waals surface area contributed by atoms with E-state index in [1.54, 1.807) is 13.1 Å². The quantitative estimate of drug-likeness (QED) is 0.837. The topological polar surface area (TPSA) is 70.1 Å². The number of rotatable bonds is 3. The smallest absolute Gasteiger partial charge is 0.361 e. The monoisotopic (exact) mass is 251 g/mol. The molecule has 1 heterocycles. The molecule has 1 saturated carbocycles. The van der Waals surface area contributed by atoms with E-state index in [1.165, 1.54) is 12.8 Å². The van der Waals surface area contributed by atoms with E-state index < -0.39 is 5.97 Å². The van der Waals surface area contributed by atoms with Crippen LogP contribution in [-0.2, 0) is 4.74 Å². The second-order valence-corrected chi connectivity index (χ2v) is 5.06. The van der Waals surface area contributed by atoms with Crippen molar-refractivity contribution >= 4 is 11.7 Å². The first kappa shape index (κ1) is 12.9. The molecule has 1 aromatic rings. The van der Waals surface area contributed by atoms with Gasteiger partial charge in [0.05, 0.1) is 18.3 Å². The third-order valence-corrected chi connectivity index (χ3v) is 3.51. The highest BCUT2D eigenvalue weighted by Gasteiger charge is 2.24. The number of aromatic nitrogens is 2. The number of carbonyl (C=O) groups excluding carboxylic acids is 1. The molecule has 5 heteroatoms. The first-order valence-electron chi connectivity index (χ1n) is 6.63. The molecule has 0 aromatic carbocycles. The van der Waals surface area contributed by atoms with Gasteiger partial charge in [-0.1, -0.05) is 19.8 Å². The van der Waals surface area contributed by atoms with Crippen molar-refractivity contribution in [2.24, 2.45) is 5.92 Å². The Kier molecular flexibility index (Phi) is 3.89. The van der Waals surface area contributed by atoms with E-state index >= 15 is 0 Å². The molecule has 0 amide bonds. The van der Waals surface area contributed by atoms with Gasteiger partial charge in [-0.25, -0.2) is 4.79 Å². The molecule has 0 bridgehead atoms. The van der Waals surface area contributed by atoms with Gasteiger partial charge in [0.15, 0.2) is 5.69 Å². The van der Waals surface area contributed by atoms with E-state index in [-0.39, 0.29) is 5.69 Å². The SMILES string of the molecule is CCOC(=O)c1nn(C2CCCC(C)C2)cc1N. The number of nitrogens with zero attached hydrogens (tertiary/aromatic N) is 2. The van der Waals surface area contributed by atoms with Crippen molar-refractivity contribution in [3.05, 3.63) is 11.9 Å². The molecule has 1 aliphatic rings. The standard InChI is InChI=1S/C13H21N3O2/c1-3-18-13(17)12-11(14)8-16(15-12)10-6-4-5-9(2)7-10/h8-10H,3-7,14H2,1-2H3. The summed E-state index contributed by atoms with van der Waals surface area (Å²) < 4.78 is 6.78. The Morgan fingerprint density at radius 1 is 1.61 bits per heavy atom. The van der Waals surface area contributed by atoms with Crippen LogP contribution in [0, 0.1) is 5.92 Å². The average Bonchev–Trinajstić information content (AvgIpc) is 2.72. The van der Waals surface area contributed by atoms with Crippen molar-refractivity contribution in [2.75, 3.05) is 12.3 Å². The maximum atomic E-state index is 11.6. The average molecular weight is 251 g/mol. The summed E-state index contributed by atoms with van der Waals surface area (Å²) in [4.78, 5) is 11.6. The molecule has 100 valence electrons. The molecule has 5 nitrogen and oxygen atoms in total. The highest BCUT2D eigenvalue weighted by Crippen LogP contribution is 2.32.